The van der Waals surface area contributed by atoms with Crippen LogP contribution in [0.3, 0.4) is 0 Å². The van der Waals surface area contributed by atoms with E-state index in [1.54, 1.807) is 18.4 Å². The number of hydrogen-bond donors (Lipinski definition) is 0. The molecule has 1 heterocycles. The molecule has 0 aliphatic heterocycles. The topological polar surface area (TPSA) is 21.6 Å². The molecule has 0 N–H and O–H groups in total. The Labute approximate surface area is 92.9 Å². The summed E-state index contributed by atoms with van der Waals surface area (Å²) in [6, 6.07) is 9.75. The van der Waals surface area contributed by atoms with E-state index in [0.717, 1.165) is 17.0 Å². The van der Waals surface area contributed by atoms with Crippen molar-refractivity contribution in [3.05, 3.63) is 46.7 Å². The van der Waals surface area contributed by atoms with Crippen LogP contribution in [-0.4, -0.2) is 13.3 Å². The second kappa shape index (κ2) is 4.75. The molecule has 0 aliphatic rings. The predicted molar refractivity (Wildman–Crippen MR) is 64.6 cm³/mol. The largest absolute Gasteiger partial charge is 0.494 e. The average Bonchev–Trinajstić information content (AvgIpc) is 2.79. The lowest BCUT2D eigenvalue weighted by Crippen LogP contribution is -1.82. The van der Waals surface area contributed by atoms with Crippen LogP contribution >= 0.6 is 11.3 Å². The molecule has 2 nitrogen and oxygen atoms in total. The molecule has 2 rings (SSSR count). The van der Waals surface area contributed by atoms with Crippen molar-refractivity contribution in [3.8, 4) is 5.75 Å². The summed E-state index contributed by atoms with van der Waals surface area (Å²) in [7, 11) is 1.65. The van der Waals surface area contributed by atoms with Crippen LogP contribution in [0, 0.1) is 0 Å². The highest BCUT2D eigenvalue weighted by molar-refractivity contribution is 7.08. The number of para-hydroxylation sites is 2. The van der Waals surface area contributed by atoms with Crippen LogP contribution in [0.15, 0.2) is 46.1 Å². The second-order valence-electron chi connectivity index (χ2n) is 2.99. The summed E-state index contributed by atoms with van der Waals surface area (Å²) in [4.78, 5) is 4.38. The van der Waals surface area contributed by atoms with Crippen molar-refractivity contribution in [1.82, 2.24) is 0 Å². The van der Waals surface area contributed by atoms with Crippen LogP contribution in [-0.2, 0) is 0 Å². The first-order valence-corrected chi connectivity index (χ1v) is 5.54. The van der Waals surface area contributed by atoms with Crippen LogP contribution in [0.4, 0.5) is 5.69 Å². The molecule has 0 atom stereocenters. The third-order valence-corrected chi connectivity index (χ3v) is 2.68. The van der Waals surface area contributed by atoms with E-state index in [2.05, 4.69) is 10.4 Å². The van der Waals surface area contributed by atoms with E-state index in [-0.39, 0.29) is 0 Å². The maximum Gasteiger partial charge on any atom is 0.144 e. The Hall–Kier alpha value is -1.61. The van der Waals surface area contributed by atoms with Crippen LogP contribution < -0.4 is 4.74 Å². The second-order valence-corrected chi connectivity index (χ2v) is 3.77. The van der Waals surface area contributed by atoms with Gasteiger partial charge in [0.25, 0.3) is 0 Å². The molecule has 0 amide bonds. The van der Waals surface area contributed by atoms with Gasteiger partial charge in [-0.2, -0.15) is 11.3 Å². The first-order valence-electron chi connectivity index (χ1n) is 4.59. The van der Waals surface area contributed by atoms with Crippen LogP contribution in [0.5, 0.6) is 5.75 Å². The molecule has 0 spiro atoms. The Bertz CT molecular complexity index is 448. The van der Waals surface area contributed by atoms with E-state index in [1.165, 1.54) is 0 Å². The Kier molecular flexibility index (Phi) is 3.15. The molecule has 0 bridgehead atoms. The van der Waals surface area contributed by atoms with Gasteiger partial charge in [-0.15, -0.1) is 0 Å². The van der Waals surface area contributed by atoms with Gasteiger partial charge in [0.05, 0.1) is 7.11 Å². The molecule has 0 aliphatic carbocycles. The number of ether oxygens (including phenoxy) is 1. The van der Waals surface area contributed by atoms with Crippen molar-refractivity contribution in [2.75, 3.05) is 7.11 Å². The lowest BCUT2D eigenvalue weighted by Gasteiger charge is -2.01. The van der Waals surface area contributed by atoms with Crippen molar-refractivity contribution in [3.63, 3.8) is 0 Å². The molecule has 76 valence electrons. The zero-order valence-corrected chi connectivity index (χ0v) is 9.20. The van der Waals surface area contributed by atoms with Gasteiger partial charge in [-0.05, 0) is 29.0 Å². The molecular weight excluding hydrogens is 206 g/mol. The Morgan fingerprint density at radius 1 is 1.27 bits per heavy atom. The highest BCUT2D eigenvalue weighted by atomic mass is 32.1. The third kappa shape index (κ3) is 2.44. The number of rotatable bonds is 3. The fourth-order valence-corrected chi connectivity index (χ4v) is 1.84. The van der Waals surface area contributed by atoms with Crippen LogP contribution in [0.1, 0.15) is 5.56 Å². The Morgan fingerprint density at radius 3 is 2.87 bits per heavy atom. The molecule has 1 aromatic carbocycles. The van der Waals surface area contributed by atoms with E-state index in [9.17, 15) is 0 Å². The summed E-state index contributed by atoms with van der Waals surface area (Å²) in [5, 5.41) is 4.09. The van der Waals surface area contributed by atoms with Crippen molar-refractivity contribution < 1.29 is 4.74 Å². The van der Waals surface area contributed by atoms with E-state index >= 15 is 0 Å². The summed E-state index contributed by atoms with van der Waals surface area (Å²) < 4.78 is 5.20. The van der Waals surface area contributed by atoms with E-state index in [4.69, 9.17) is 4.74 Å². The maximum atomic E-state index is 5.20. The van der Waals surface area contributed by atoms with Crippen molar-refractivity contribution >= 4 is 23.2 Å². The summed E-state index contributed by atoms with van der Waals surface area (Å²) in [5.41, 5.74) is 1.97. The van der Waals surface area contributed by atoms with Gasteiger partial charge in [-0.25, -0.2) is 0 Å². The summed E-state index contributed by atoms with van der Waals surface area (Å²) in [6.45, 7) is 0. The first-order chi connectivity index (χ1) is 7.40. The monoisotopic (exact) mass is 217 g/mol. The Morgan fingerprint density at radius 2 is 2.13 bits per heavy atom. The third-order valence-electron chi connectivity index (χ3n) is 1.98. The normalized spacial score (nSPS) is 10.7. The van der Waals surface area contributed by atoms with E-state index < -0.39 is 0 Å². The molecule has 2 aromatic rings. The number of aliphatic imine (C=N–C) groups is 1. The van der Waals surface area contributed by atoms with E-state index in [0.29, 0.717) is 0 Å². The minimum atomic E-state index is 0.795. The maximum absolute atomic E-state index is 5.20. The van der Waals surface area contributed by atoms with Crippen LogP contribution in [0.2, 0.25) is 0 Å². The smallest absolute Gasteiger partial charge is 0.144 e. The van der Waals surface area contributed by atoms with E-state index in [1.807, 2.05) is 41.9 Å². The summed E-state index contributed by atoms with van der Waals surface area (Å²) >= 11 is 1.66. The molecule has 0 fully saturated rings. The first kappa shape index (κ1) is 9.93. The zero-order chi connectivity index (χ0) is 10.5. The molecule has 0 saturated heterocycles. The number of nitrogens with zero attached hydrogens (tertiary/aromatic N) is 1. The highest BCUT2D eigenvalue weighted by Gasteiger charge is 1.97. The number of thiophene rings is 1. The number of benzene rings is 1. The fourth-order valence-electron chi connectivity index (χ4n) is 1.23. The Balaban J connectivity index is 2.24. The lowest BCUT2D eigenvalue weighted by atomic mass is 10.3. The number of hydrogen-bond acceptors (Lipinski definition) is 3. The van der Waals surface area contributed by atoms with Crippen molar-refractivity contribution in [1.29, 1.82) is 0 Å². The molecular formula is C12H11NOS. The number of methoxy groups -OCH3 is 1. The lowest BCUT2D eigenvalue weighted by molar-refractivity contribution is 0.416. The standard InChI is InChI=1S/C12H11NOS/c1-14-12-5-3-2-4-11(12)13-8-10-6-7-15-9-10/h2-9H,1H3. The van der Waals surface area contributed by atoms with Crippen molar-refractivity contribution in [2.45, 2.75) is 0 Å². The van der Waals surface area contributed by atoms with Gasteiger partial charge in [0.1, 0.15) is 11.4 Å². The highest BCUT2D eigenvalue weighted by Crippen LogP contribution is 2.26. The minimum Gasteiger partial charge on any atom is -0.494 e. The van der Waals surface area contributed by atoms with Gasteiger partial charge >= 0.3 is 0 Å². The molecule has 15 heavy (non-hydrogen) atoms. The average molecular weight is 217 g/mol. The minimum absolute atomic E-state index is 0.795. The fraction of sp³-hybridized carbons (Fsp3) is 0.0833. The molecule has 1 aromatic heterocycles. The van der Waals surface area contributed by atoms with Gasteiger partial charge in [0.15, 0.2) is 0 Å². The molecule has 0 unspecified atom stereocenters. The summed E-state index contributed by atoms with van der Waals surface area (Å²) in [6.07, 6.45) is 1.84. The van der Waals surface area contributed by atoms with Crippen LogP contribution in [0.25, 0.3) is 0 Å². The molecule has 3 heteroatoms. The SMILES string of the molecule is COc1ccccc1N=Cc1ccsc1. The van der Waals surface area contributed by atoms with Gasteiger partial charge in [0.2, 0.25) is 0 Å². The molecule has 0 saturated carbocycles. The molecule has 0 radical (unpaired) electrons. The predicted octanol–water partition coefficient (Wildman–Crippen LogP) is 3.51. The van der Waals surface area contributed by atoms with Gasteiger partial charge in [0, 0.05) is 11.8 Å². The summed E-state index contributed by atoms with van der Waals surface area (Å²) in [5.74, 6) is 0.795. The van der Waals surface area contributed by atoms with Crippen molar-refractivity contribution in [2.24, 2.45) is 4.99 Å². The zero-order valence-electron chi connectivity index (χ0n) is 8.38. The van der Waals surface area contributed by atoms with Gasteiger partial charge in [-0.1, -0.05) is 12.1 Å². The van der Waals surface area contributed by atoms with Gasteiger partial charge in [-0.3, -0.25) is 4.99 Å². The quantitative estimate of drug-likeness (QED) is 0.721. The van der Waals surface area contributed by atoms with Gasteiger partial charge < -0.3 is 4.74 Å².